The number of amides is 1. The van der Waals surface area contributed by atoms with E-state index in [2.05, 4.69) is 9.71 Å². The summed E-state index contributed by atoms with van der Waals surface area (Å²) in [5, 5.41) is -0.488. The number of sulfonamides is 1. The normalized spacial score (nSPS) is 16.0. The first kappa shape index (κ1) is 18.6. The molecule has 1 aliphatic heterocycles. The van der Waals surface area contributed by atoms with Gasteiger partial charge in [0.25, 0.3) is 5.91 Å². The van der Waals surface area contributed by atoms with Crippen LogP contribution >= 0.6 is 0 Å². The lowest BCUT2D eigenvalue weighted by molar-refractivity contribution is 0.0718. The minimum atomic E-state index is -3.42. The van der Waals surface area contributed by atoms with Gasteiger partial charge in [0, 0.05) is 26.1 Å². The monoisotopic (exact) mass is 377 g/mol. The molecule has 1 aliphatic rings. The number of benzene rings is 1. The maximum atomic E-state index is 12.5. The summed E-state index contributed by atoms with van der Waals surface area (Å²) in [7, 11) is -3.42. The number of nitrogens with zero attached hydrogens (tertiary/aromatic N) is 2. The van der Waals surface area contributed by atoms with E-state index < -0.39 is 15.3 Å². The zero-order valence-electron chi connectivity index (χ0n) is 14.7. The maximum Gasteiger partial charge on any atom is 0.276 e. The van der Waals surface area contributed by atoms with Crippen molar-refractivity contribution >= 4 is 15.9 Å². The Morgan fingerprint density at radius 3 is 2.62 bits per heavy atom. The molecule has 7 nitrogen and oxygen atoms in total. The third-order valence-electron chi connectivity index (χ3n) is 4.65. The van der Waals surface area contributed by atoms with Crippen LogP contribution in [0, 0.1) is 0 Å². The van der Waals surface area contributed by atoms with Crippen molar-refractivity contribution in [3.8, 4) is 0 Å². The first-order valence-corrected chi connectivity index (χ1v) is 10.3. The van der Waals surface area contributed by atoms with Gasteiger partial charge in [-0.1, -0.05) is 37.3 Å². The van der Waals surface area contributed by atoms with Gasteiger partial charge in [0.2, 0.25) is 10.0 Å². The number of aryl methyl sites for hydroxylation is 1. The Bertz CT molecular complexity index is 840. The Morgan fingerprint density at radius 1 is 1.27 bits per heavy atom. The van der Waals surface area contributed by atoms with Gasteiger partial charge >= 0.3 is 0 Å². The van der Waals surface area contributed by atoms with E-state index in [1.807, 2.05) is 37.3 Å². The Morgan fingerprint density at radius 2 is 1.96 bits per heavy atom. The molecule has 26 heavy (non-hydrogen) atoms. The second-order valence-corrected chi connectivity index (χ2v) is 8.37. The highest BCUT2D eigenvalue weighted by Crippen LogP contribution is 2.20. The lowest BCUT2D eigenvalue weighted by Crippen LogP contribution is -2.45. The zero-order chi connectivity index (χ0) is 18.6. The molecule has 1 aromatic heterocycles. The molecule has 0 atom stereocenters. The minimum Gasteiger partial charge on any atom is -0.448 e. The van der Waals surface area contributed by atoms with Crippen LogP contribution in [0.4, 0.5) is 0 Å². The maximum absolute atomic E-state index is 12.5. The van der Waals surface area contributed by atoms with Gasteiger partial charge in [-0.3, -0.25) is 4.79 Å². The Hall–Kier alpha value is -2.19. The van der Waals surface area contributed by atoms with E-state index in [1.165, 1.54) is 6.39 Å². The molecular formula is C18H23N3O4S. The van der Waals surface area contributed by atoms with Gasteiger partial charge in [-0.15, -0.1) is 0 Å². The predicted octanol–water partition coefficient (Wildman–Crippen LogP) is 1.96. The van der Waals surface area contributed by atoms with Gasteiger partial charge < -0.3 is 9.32 Å². The van der Waals surface area contributed by atoms with E-state index in [0.29, 0.717) is 43.8 Å². The average molecular weight is 377 g/mol. The van der Waals surface area contributed by atoms with Crippen LogP contribution in [0.5, 0.6) is 0 Å². The molecule has 1 amide bonds. The Labute approximate surface area is 153 Å². The van der Waals surface area contributed by atoms with Crippen LogP contribution in [0.15, 0.2) is 41.1 Å². The van der Waals surface area contributed by atoms with E-state index in [4.69, 9.17) is 4.42 Å². The van der Waals surface area contributed by atoms with Crippen LogP contribution in [0.3, 0.4) is 0 Å². The lowest BCUT2D eigenvalue weighted by Gasteiger charge is -2.31. The van der Waals surface area contributed by atoms with E-state index in [1.54, 1.807) is 4.90 Å². The topological polar surface area (TPSA) is 92.5 Å². The number of hydrogen-bond donors (Lipinski definition) is 1. The molecule has 0 bridgehead atoms. The average Bonchev–Trinajstić information content (AvgIpc) is 3.15. The third kappa shape index (κ3) is 4.13. The molecule has 3 rings (SSSR count). The number of carbonyl (C=O) groups is 1. The highest BCUT2D eigenvalue weighted by Gasteiger charge is 2.32. The smallest absolute Gasteiger partial charge is 0.276 e. The standard InChI is InChI=1S/C18H23N3O4S/c1-2-16-17(19-13-25-16)18(22)21-10-8-15(9-11-21)26(23,24)20-12-14-6-4-3-5-7-14/h3-7,13,15,20H,2,8-12H2,1H3. The molecule has 0 aliphatic carbocycles. The molecular weight excluding hydrogens is 354 g/mol. The Kier molecular flexibility index (Phi) is 5.73. The fourth-order valence-electron chi connectivity index (χ4n) is 3.11. The molecule has 1 aromatic carbocycles. The quantitative estimate of drug-likeness (QED) is 0.831. The van der Waals surface area contributed by atoms with E-state index in [-0.39, 0.29) is 12.5 Å². The molecule has 0 saturated carbocycles. The van der Waals surface area contributed by atoms with Crippen molar-refractivity contribution in [2.75, 3.05) is 13.1 Å². The molecule has 140 valence electrons. The number of likely N-dealkylation sites (tertiary alicyclic amines) is 1. The largest absolute Gasteiger partial charge is 0.448 e. The van der Waals surface area contributed by atoms with Crippen LogP contribution in [-0.4, -0.2) is 42.5 Å². The zero-order valence-corrected chi connectivity index (χ0v) is 15.5. The van der Waals surface area contributed by atoms with E-state index >= 15 is 0 Å². The fraction of sp³-hybridized carbons (Fsp3) is 0.444. The number of carbonyl (C=O) groups excluding carboxylic acids is 1. The SMILES string of the molecule is CCc1ocnc1C(=O)N1CCC(S(=O)(=O)NCc2ccccc2)CC1. The van der Waals surface area contributed by atoms with Crippen LogP contribution in [-0.2, 0) is 23.0 Å². The second-order valence-electron chi connectivity index (χ2n) is 6.32. The van der Waals surface area contributed by atoms with Crippen LogP contribution in [0.25, 0.3) is 0 Å². The van der Waals surface area contributed by atoms with Crippen molar-refractivity contribution < 1.29 is 17.6 Å². The number of nitrogens with one attached hydrogen (secondary N) is 1. The van der Waals surface area contributed by atoms with Crippen molar-refractivity contribution in [3.05, 3.63) is 53.7 Å². The lowest BCUT2D eigenvalue weighted by atomic mass is 10.1. The van der Waals surface area contributed by atoms with Crippen molar-refractivity contribution in [2.24, 2.45) is 0 Å². The molecule has 2 heterocycles. The molecule has 0 radical (unpaired) electrons. The first-order chi connectivity index (χ1) is 12.5. The number of piperidine rings is 1. The van der Waals surface area contributed by atoms with Crippen LogP contribution in [0.1, 0.15) is 41.6 Å². The van der Waals surface area contributed by atoms with Crippen molar-refractivity contribution in [3.63, 3.8) is 0 Å². The third-order valence-corrected chi connectivity index (χ3v) is 6.55. The summed E-state index contributed by atoms with van der Waals surface area (Å²) in [5.41, 5.74) is 1.25. The van der Waals surface area contributed by atoms with Gasteiger partial charge in [-0.2, -0.15) is 0 Å². The first-order valence-electron chi connectivity index (χ1n) is 8.75. The second kappa shape index (κ2) is 8.01. The molecule has 0 unspecified atom stereocenters. The van der Waals surface area contributed by atoms with Gasteiger partial charge in [-0.05, 0) is 18.4 Å². The van der Waals surface area contributed by atoms with E-state index in [0.717, 1.165) is 5.56 Å². The molecule has 2 aromatic rings. The summed E-state index contributed by atoms with van der Waals surface area (Å²) >= 11 is 0. The summed E-state index contributed by atoms with van der Waals surface area (Å²) in [6, 6.07) is 9.41. The number of oxazole rings is 1. The van der Waals surface area contributed by atoms with Crippen molar-refractivity contribution in [1.29, 1.82) is 0 Å². The minimum absolute atomic E-state index is 0.191. The number of aromatic nitrogens is 1. The van der Waals surface area contributed by atoms with Gasteiger partial charge in [0.05, 0.1) is 5.25 Å². The predicted molar refractivity (Wildman–Crippen MR) is 97.0 cm³/mol. The molecule has 0 spiro atoms. The highest BCUT2D eigenvalue weighted by atomic mass is 32.2. The summed E-state index contributed by atoms with van der Waals surface area (Å²) < 4.78 is 32.9. The Balaban J connectivity index is 1.56. The molecule has 8 heteroatoms. The van der Waals surface area contributed by atoms with Crippen LogP contribution < -0.4 is 4.72 Å². The van der Waals surface area contributed by atoms with Gasteiger partial charge in [0.15, 0.2) is 12.1 Å². The van der Waals surface area contributed by atoms with E-state index in [9.17, 15) is 13.2 Å². The summed E-state index contributed by atoms with van der Waals surface area (Å²) in [6.07, 6.45) is 2.69. The number of hydrogen-bond acceptors (Lipinski definition) is 5. The highest BCUT2D eigenvalue weighted by molar-refractivity contribution is 7.90. The van der Waals surface area contributed by atoms with Crippen molar-refractivity contribution in [1.82, 2.24) is 14.6 Å². The number of rotatable bonds is 6. The fourth-order valence-corrected chi connectivity index (χ4v) is 4.55. The molecule has 1 fully saturated rings. The summed E-state index contributed by atoms with van der Waals surface area (Å²) in [6.45, 7) is 2.97. The molecule has 1 saturated heterocycles. The van der Waals surface area contributed by atoms with Crippen LogP contribution in [0.2, 0.25) is 0 Å². The summed E-state index contributed by atoms with van der Waals surface area (Å²) in [4.78, 5) is 18.2. The molecule has 1 N–H and O–H groups in total. The van der Waals surface area contributed by atoms with Gasteiger partial charge in [-0.25, -0.2) is 18.1 Å². The summed E-state index contributed by atoms with van der Waals surface area (Å²) in [5.74, 6) is 0.373. The van der Waals surface area contributed by atoms with Crippen molar-refractivity contribution in [2.45, 2.75) is 38.0 Å². The van der Waals surface area contributed by atoms with Gasteiger partial charge in [0.1, 0.15) is 5.76 Å².